The van der Waals surface area contributed by atoms with Crippen molar-refractivity contribution in [3.05, 3.63) is 109 Å². The molecule has 0 heterocycles. The van der Waals surface area contributed by atoms with E-state index in [1.807, 2.05) is 48.5 Å². The van der Waals surface area contributed by atoms with Gasteiger partial charge in [0.05, 0.1) is 17.9 Å². The van der Waals surface area contributed by atoms with Gasteiger partial charge in [0.2, 0.25) is 0 Å². The maximum Gasteiger partial charge on any atom is 0.0680 e. The minimum absolute atomic E-state index is 0.660. The molecule has 26 heavy (non-hydrogen) atoms. The van der Waals surface area contributed by atoms with E-state index in [2.05, 4.69) is 59.9 Å². The van der Waals surface area contributed by atoms with Gasteiger partial charge in [-0.3, -0.25) is 4.99 Å². The van der Waals surface area contributed by atoms with Crippen molar-refractivity contribution in [2.45, 2.75) is 0 Å². The Bertz CT molecular complexity index is 1020. The molecular formula is C24H20N2. The van der Waals surface area contributed by atoms with Crippen molar-refractivity contribution >= 4 is 27.9 Å². The summed E-state index contributed by atoms with van der Waals surface area (Å²) in [6, 6.07) is 35.2. The number of benzene rings is 4. The van der Waals surface area contributed by atoms with E-state index in [1.165, 1.54) is 10.8 Å². The molecule has 2 heteroatoms. The van der Waals surface area contributed by atoms with E-state index in [4.69, 9.17) is 4.99 Å². The smallest absolute Gasteiger partial charge is 0.0680 e. The highest BCUT2D eigenvalue weighted by Crippen LogP contribution is 2.22. The third-order valence-electron chi connectivity index (χ3n) is 4.35. The van der Waals surface area contributed by atoms with E-state index in [0.29, 0.717) is 6.54 Å². The number of rotatable bonds is 5. The van der Waals surface area contributed by atoms with Crippen LogP contribution in [-0.4, -0.2) is 12.3 Å². The Morgan fingerprint density at radius 3 is 2.12 bits per heavy atom. The summed E-state index contributed by atoms with van der Waals surface area (Å²) in [5, 5.41) is 5.95. The van der Waals surface area contributed by atoms with Gasteiger partial charge in [0.15, 0.2) is 0 Å². The minimum Gasteiger partial charge on any atom is -0.379 e. The summed E-state index contributed by atoms with van der Waals surface area (Å²) in [5.74, 6) is 0. The summed E-state index contributed by atoms with van der Waals surface area (Å²) >= 11 is 0. The van der Waals surface area contributed by atoms with Crippen molar-refractivity contribution < 1.29 is 0 Å². The Hall–Kier alpha value is -3.39. The molecule has 0 amide bonds. The molecule has 0 aromatic heterocycles. The Labute approximate surface area is 153 Å². The fourth-order valence-corrected chi connectivity index (χ4v) is 3.07. The predicted molar refractivity (Wildman–Crippen MR) is 112 cm³/mol. The van der Waals surface area contributed by atoms with Crippen LogP contribution in [0.2, 0.25) is 0 Å². The number of hydrogen-bond acceptors (Lipinski definition) is 2. The average molecular weight is 336 g/mol. The minimum atomic E-state index is 0.660. The summed E-state index contributed by atoms with van der Waals surface area (Å²) in [6.45, 7) is 0.660. The van der Waals surface area contributed by atoms with Gasteiger partial charge in [-0.1, -0.05) is 78.9 Å². The van der Waals surface area contributed by atoms with Gasteiger partial charge in [-0.05, 0) is 35.0 Å². The molecule has 4 aromatic rings. The van der Waals surface area contributed by atoms with Crippen LogP contribution in [0, 0.1) is 0 Å². The highest BCUT2D eigenvalue weighted by atomic mass is 14.9. The van der Waals surface area contributed by atoms with Crippen LogP contribution in [0.15, 0.2) is 108 Å². The number of anilines is 1. The molecule has 1 N–H and O–H groups in total. The molecule has 2 nitrogen and oxygen atoms in total. The number of para-hydroxylation sites is 2. The Balaban J connectivity index is 1.76. The molecule has 0 aliphatic rings. The second kappa shape index (κ2) is 7.66. The lowest BCUT2D eigenvalue weighted by Gasteiger charge is -2.13. The third kappa shape index (κ3) is 3.65. The zero-order valence-corrected chi connectivity index (χ0v) is 14.5. The first-order valence-electron chi connectivity index (χ1n) is 8.80. The zero-order valence-electron chi connectivity index (χ0n) is 14.5. The van der Waals surface area contributed by atoms with Crippen LogP contribution >= 0.6 is 0 Å². The summed E-state index contributed by atoms with van der Waals surface area (Å²) in [7, 11) is 0. The van der Waals surface area contributed by atoms with Crippen molar-refractivity contribution in [3.63, 3.8) is 0 Å². The van der Waals surface area contributed by atoms with Gasteiger partial charge < -0.3 is 5.32 Å². The second-order valence-electron chi connectivity index (χ2n) is 6.14. The van der Waals surface area contributed by atoms with Gasteiger partial charge in [-0.2, -0.15) is 0 Å². The number of fused-ring (bicyclic) bond motifs is 1. The van der Waals surface area contributed by atoms with Crippen LogP contribution < -0.4 is 5.32 Å². The van der Waals surface area contributed by atoms with Gasteiger partial charge in [-0.15, -0.1) is 0 Å². The fourth-order valence-electron chi connectivity index (χ4n) is 3.07. The number of aliphatic imine (C=N–C) groups is 1. The first-order chi connectivity index (χ1) is 12.9. The SMILES string of the molecule is c1ccc(N=C(CNc2ccccc2)c2cccc3ccccc23)cc1. The molecule has 0 unspecified atom stereocenters. The monoisotopic (exact) mass is 336 g/mol. The van der Waals surface area contributed by atoms with Gasteiger partial charge in [0, 0.05) is 11.3 Å². The number of nitrogens with one attached hydrogen (secondary N) is 1. The Morgan fingerprint density at radius 2 is 1.31 bits per heavy atom. The first kappa shape index (κ1) is 16.1. The lowest BCUT2D eigenvalue weighted by molar-refractivity contribution is 1.35. The van der Waals surface area contributed by atoms with Gasteiger partial charge in [-0.25, -0.2) is 0 Å². The van der Waals surface area contributed by atoms with E-state index in [9.17, 15) is 0 Å². The molecule has 0 atom stereocenters. The summed E-state index contributed by atoms with van der Waals surface area (Å²) < 4.78 is 0. The van der Waals surface area contributed by atoms with Gasteiger partial charge in [0.25, 0.3) is 0 Å². The fraction of sp³-hybridized carbons (Fsp3) is 0.0417. The van der Waals surface area contributed by atoms with Crippen LogP contribution in [0.25, 0.3) is 10.8 Å². The van der Waals surface area contributed by atoms with Crippen LogP contribution in [0.1, 0.15) is 5.56 Å². The molecule has 0 saturated heterocycles. The van der Waals surface area contributed by atoms with Crippen molar-refractivity contribution in [1.82, 2.24) is 0 Å². The van der Waals surface area contributed by atoms with Crippen LogP contribution in [0.3, 0.4) is 0 Å². The largest absolute Gasteiger partial charge is 0.379 e. The molecule has 0 radical (unpaired) electrons. The Morgan fingerprint density at radius 1 is 0.654 bits per heavy atom. The number of nitrogens with zero attached hydrogens (tertiary/aromatic N) is 1. The molecule has 0 aliphatic heterocycles. The standard InChI is InChI=1S/C24H20N2/c1-3-12-20(13-4-1)25-18-24(26-21-14-5-2-6-15-21)23-17-9-11-19-10-7-8-16-22(19)23/h1-17,25H,18H2. The zero-order chi connectivity index (χ0) is 17.6. The summed E-state index contributed by atoms with van der Waals surface area (Å²) in [6.07, 6.45) is 0. The van der Waals surface area contributed by atoms with Crippen LogP contribution in [0.4, 0.5) is 11.4 Å². The quantitative estimate of drug-likeness (QED) is 0.439. The molecule has 4 aromatic carbocycles. The molecule has 4 rings (SSSR count). The molecule has 0 aliphatic carbocycles. The average Bonchev–Trinajstić information content (AvgIpc) is 2.72. The molecule has 0 fully saturated rings. The highest BCUT2D eigenvalue weighted by Gasteiger charge is 2.08. The topological polar surface area (TPSA) is 24.4 Å². The van der Waals surface area contributed by atoms with Crippen molar-refractivity contribution in [3.8, 4) is 0 Å². The third-order valence-corrected chi connectivity index (χ3v) is 4.35. The molecule has 0 bridgehead atoms. The first-order valence-corrected chi connectivity index (χ1v) is 8.80. The lowest BCUT2D eigenvalue weighted by atomic mass is 10.0. The molecule has 0 saturated carbocycles. The predicted octanol–water partition coefficient (Wildman–Crippen LogP) is 6.07. The van der Waals surface area contributed by atoms with Gasteiger partial charge >= 0.3 is 0 Å². The normalized spacial score (nSPS) is 11.5. The van der Waals surface area contributed by atoms with E-state index in [0.717, 1.165) is 22.6 Å². The Kier molecular flexibility index (Phi) is 4.74. The van der Waals surface area contributed by atoms with Crippen LogP contribution in [0.5, 0.6) is 0 Å². The maximum absolute atomic E-state index is 4.95. The van der Waals surface area contributed by atoms with E-state index in [-0.39, 0.29) is 0 Å². The molecule has 126 valence electrons. The van der Waals surface area contributed by atoms with Gasteiger partial charge in [0.1, 0.15) is 0 Å². The highest BCUT2D eigenvalue weighted by molar-refractivity contribution is 6.13. The lowest BCUT2D eigenvalue weighted by Crippen LogP contribution is -2.15. The van der Waals surface area contributed by atoms with Crippen molar-refractivity contribution in [2.75, 3.05) is 11.9 Å². The van der Waals surface area contributed by atoms with Crippen molar-refractivity contribution in [2.24, 2.45) is 4.99 Å². The molecule has 0 spiro atoms. The maximum atomic E-state index is 4.95. The second-order valence-corrected chi connectivity index (χ2v) is 6.14. The van der Waals surface area contributed by atoms with E-state index in [1.54, 1.807) is 0 Å². The summed E-state index contributed by atoms with van der Waals surface area (Å²) in [5.41, 5.74) is 4.24. The number of hydrogen-bond donors (Lipinski definition) is 1. The van der Waals surface area contributed by atoms with Crippen LogP contribution in [-0.2, 0) is 0 Å². The summed E-state index contributed by atoms with van der Waals surface area (Å²) in [4.78, 5) is 4.95. The van der Waals surface area contributed by atoms with E-state index < -0.39 is 0 Å². The molecular weight excluding hydrogens is 316 g/mol. The van der Waals surface area contributed by atoms with E-state index >= 15 is 0 Å². The van der Waals surface area contributed by atoms with Crippen molar-refractivity contribution in [1.29, 1.82) is 0 Å².